The Morgan fingerprint density at radius 2 is 1.57 bits per heavy atom. The molecule has 0 radical (unpaired) electrons. The second kappa shape index (κ2) is 4.73. The number of aromatic hydroxyl groups is 1. The van der Waals surface area contributed by atoms with Crippen molar-refractivity contribution < 1.29 is 31.0 Å². The lowest BCUT2D eigenvalue weighted by Gasteiger charge is -2.08. The summed E-state index contributed by atoms with van der Waals surface area (Å²) in [4.78, 5) is 9.11. The van der Waals surface area contributed by atoms with Crippen molar-refractivity contribution in [1.82, 2.24) is 0 Å². The highest BCUT2D eigenvalue weighted by molar-refractivity contribution is 7.86. The van der Waals surface area contributed by atoms with Crippen LogP contribution in [0, 0.1) is 4.91 Å². The lowest BCUT2D eigenvalue weighted by Crippen LogP contribution is -2.00. The minimum Gasteiger partial charge on any atom is -0.505 e. The molecule has 0 saturated heterocycles. The molecular formula is C10H7NO8S2. The third kappa shape index (κ3) is 2.71. The van der Waals surface area contributed by atoms with Gasteiger partial charge in [0.25, 0.3) is 20.2 Å². The van der Waals surface area contributed by atoms with Crippen LogP contribution >= 0.6 is 0 Å². The summed E-state index contributed by atoms with van der Waals surface area (Å²) in [5.41, 5.74) is -0.899. The number of phenolic OH excluding ortho intramolecular Hbond substituents is 1. The predicted octanol–water partition coefficient (Wildman–Crippen LogP) is 1.44. The van der Waals surface area contributed by atoms with E-state index >= 15 is 0 Å². The number of hydrogen-bond acceptors (Lipinski definition) is 7. The average molecular weight is 333 g/mol. The van der Waals surface area contributed by atoms with E-state index in [0.717, 1.165) is 24.3 Å². The maximum Gasteiger partial charge on any atom is 0.296 e. The quantitative estimate of drug-likeness (QED) is 0.562. The summed E-state index contributed by atoms with van der Waals surface area (Å²) in [5.74, 6) is -0.836. The molecule has 21 heavy (non-hydrogen) atoms. The van der Waals surface area contributed by atoms with Crippen molar-refractivity contribution in [2.45, 2.75) is 9.79 Å². The molecule has 0 saturated carbocycles. The van der Waals surface area contributed by atoms with Gasteiger partial charge >= 0.3 is 0 Å². The highest BCUT2D eigenvalue weighted by Gasteiger charge is 2.23. The average Bonchev–Trinajstić information content (AvgIpc) is 2.35. The lowest BCUT2D eigenvalue weighted by atomic mass is 10.1. The fourth-order valence-corrected chi connectivity index (χ4v) is 2.95. The molecule has 11 heteroatoms. The molecule has 0 fully saturated rings. The monoisotopic (exact) mass is 333 g/mol. The number of hydrogen-bond donors (Lipinski definition) is 3. The van der Waals surface area contributed by atoms with Gasteiger partial charge < -0.3 is 5.11 Å². The molecule has 0 atom stereocenters. The van der Waals surface area contributed by atoms with Crippen molar-refractivity contribution in [3.05, 3.63) is 29.2 Å². The molecule has 0 aliphatic carbocycles. The molecule has 0 unspecified atom stereocenters. The molecular weight excluding hydrogens is 326 g/mol. The molecule has 2 aromatic rings. The van der Waals surface area contributed by atoms with Gasteiger partial charge in [0, 0.05) is 5.39 Å². The number of fused-ring (bicyclic) bond motifs is 1. The summed E-state index contributed by atoms with van der Waals surface area (Å²) in [5, 5.41) is 11.9. The first-order chi connectivity index (χ1) is 9.55. The summed E-state index contributed by atoms with van der Waals surface area (Å²) in [6.07, 6.45) is 0. The van der Waals surface area contributed by atoms with Crippen molar-refractivity contribution in [1.29, 1.82) is 0 Å². The molecule has 3 N–H and O–H groups in total. The second-order valence-corrected chi connectivity index (χ2v) is 6.81. The molecule has 0 aliphatic rings. The van der Waals surface area contributed by atoms with Crippen LogP contribution in [0.15, 0.2) is 39.2 Å². The van der Waals surface area contributed by atoms with E-state index < -0.39 is 41.5 Å². The molecule has 0 bridgehead atoms. The van der Waals surface area contributed by atoms with E-state index in [0.29, 0.717) is 0 Å². The Labute approximate surface area is 118 Å². The molecule has 0 amide bonds. The van der Waals surface area contributed by atoms with E-state index in [1.807, 2.05) is 0 Å². The van der Waals surface area contributed by atoms with Crippen LogP contribution in [0.2, 0.25) is 0 Å². The summed E-state index contributed by atoms with van der Waals surface area (Å²) in [7, 11) is -9.42. The maximum atomic E-state index is 11.2. The van der Waals surface area contributed by atoms with Gasteiger partial charge in [-0.1, -0.05) is 0 Å². The van der Waals surface area contributed by atoms with Crippen molar-refractivity contribution in [3.63, 3.8) is 0 Å². The van der Waals surface area contributed by atoms with Crippen LogP contribution in [0.1, 0.15) is 0 Å². The van der Waals surface area contributed by atoms with Gasteiger partial charge in [-0.3, -0.25) is 9.11 Å². The molecule has 2 aromatic carbocycles. The van der Waals surface area contributed by atoms with E-state index in [-0.39, 0.29) is 10.8 Å². The van der Waals surface area contributed by atoms with Gasteiger partial charge in [-0.05, 0) is 34.8 Å². The summed E-state index contributed by atoms with van der Waals surface area (Å²) >= 11 is 0. The zero-order valence-electron chi connectivity index (χ0n) is 9.96. The van der Waals surface area contributed by atoms with Crippen LogP contribution in [0.25, 0.3) is 10.8 Å². The standard InChI is InChI=1S/C10H7NO8S2/c12-10-7-2-1-6(20(14,15)16)3-5(7)4-8(9(10)11-13)21(17,18)19/h1-4,12H,(H,14,15,16)(H,17,18,19). The van der Waals surface area contributed by atoms with Crippen LogP contribution in [-0.2, 0) is 20.2 Å². The van der Waals surface area contributed by atoms with Gasteiger partial charge in [0.1, 0.15) is 4.90 Å². The number of benzene rings is 2. The Kier molecular flexibility index (Phi) is 3.45. The highest BCUT2D eigenvalue weighted by Crippen LogP contribution is 2.40. The highest BCUT2D eigenvalue weighted by atomic mass is 32.2. The van der Waals surface area contributed by atoms with Crippen LogP contribution < -0.4 is 0 Å². The first-order valence-electron chi connectivity index (χ1n) is 5.14. The van der Waals surface area contributed by atoms with E-state index in [9.17, 15) is 26.8 Å². The van der Waals surface area contributed by atoms with Crippen LogP contribution in [0.3, 0.4) is 0 Å². The normalized spacial score (nSPS) is 12.5. The Bertz CT molecular complexity index is 962. The Balaban J connectivity index is 2.98. The molecule has 2 rings (SSSR count). The third-order valence-electron chi connectivity index (χ3n) is 2.69. The van der Waals surface area contributed by atoms with Crippen LogP contribution in [-0.4, -0.2) is 31.0 Å². The number of rotatable bonds is 3. The Morgan fingerprint density at radius 1 is 0.952 bits per heavy atom. The van der Waals surface area contributed by atoms with E-state index in [1.54, 1.807) is 0 Å². The van der Waals surface area contributed by atoms with Crippen LogP contribution in [0.4, 0.5) is 5.69 Å². The number of nitroso groups, excluding NO2 is 1. The van der Waals surface area contributed by atoms with Crippen molar-refractivity contribution >= 4 is 36.7 Å². The minimum atomic E-state index is -4.87. The zero-order valence-corrected chi connectivity index (χ0v) is 11.6. The predicted molar refractivity (Wildman–Crippen MR) is 70.7 cm³/mol. The van der Waals surface area contributed by atoms with Crippen molar-refractivity contribution in [3.8, 4) is 5.75 Å². The lowest BCUT2D eigenvalue weighted by molar-refractivity contribution is 0.472. The summed E-state index contributed by atoms with van der Waals surface area (Å²) in [6, 6.07) is 3.62. The number of nitrogens with zero attached hydrogens (tertiary/aromatic N) is 1. The SMILES string of the molecule is O=Nc1c(S(=O)(=O)O)cc2cc(S(=O)(=O)O)ccc2c1O. The second-order valence-electron chi connectivity index (χ2n) is 4.00. The number of phenols is 1. The summed E-state index contributed by atoms with van der Waals surface area (Å²) < 4.78 is 62.3. The molecule has 0 spiro atoms. The molecule has 0 heterocycles. The molecule has 9 nitrogen and oxygen atoms in total. The topological polar surface area (TPSA) is 158 Å². The smallest absolute Gasteiger partial charge is 0.296 e. The van der Waals surface area contributed by atoms with Gasteiger partial charge in [0.2, 0.25) is 0 Å². The summed E-state index contributed by atoms with van der Waals surface area (Å²) in [6.45, 7) is 0. The van der Waals surface area contributed by atoms with Crippen molar-refractivity contribution in [2.75, 3.05) is 0 Å². The Morgan fingerprint density at radius 3 is 2.05 bits per heavy atom. The van der Waals surface area contributed by atoms with Gasteiger partial charge in [-0.15, -0.1) is 4.91 Å². The molecule has 0 aliphatic heterocycles. The van der Waals surface area contributed by atoms with Crippen molar-refractivity contribution in [2.24, 2.45) is 5.18 Å². The van der Waals surface area contributed by atoms with E-state index in [1.165, 1.54) is 0 Å². The van der Waals surface area contributed by atoms with Gasteiger partial charge in [-0.25, -0.2) is 0 Å². The first kappa shape index (κ1) is 15.3. The van der Waals surface area contributed by atoms with Crippen LogP contribution in [0.5, 0.6) is 5.75 Å². The third-order valence-corrected chi connectivity index (χ3v) is 4.41. The zero-order chi connectivity index (χ0) is 16.0. The largest absolute Gasteiger partial charge is 0.505 e. The fraction of sp³-hybridized carbons (Fsp3) is 0. The van der Waals surface area contributed by atoms with E-state index in [2.05, 4.69) is 5.18 Å². The first-order valence-corrected chi connectivity index (χ1v) is 8.02. The van der Waals surface area contributed by atoms with Gasteiger partial charge in [0.15, 0.2) is 11.4 Å². The van der Waals surface area contributed by atoms with E-state index in [4.69, 9.17) is 9.11 Å². The fourth-order valence-electron chi connectivity index (χ4n) is 1.78. The Hall–Kier alpha value is -2.08. The maximum absolute atomic E-state index is 11.2. The minimum absolute atomic E-state index is 0.0793. The van der Waals surface area contributed by atoms with Gasteiger partial charge in [-0.2, -0.15) is 16.8 Å². The molecule has 0 aromatic heterocycles. The molecule has 112 valence electrons. The van der Waals surface area contributed by atoms with Gasteiger partial charge in [0.05, 0.1) is 4.90 Å².